The van der Waals surface area contributed by atoms with Crippen LogP contribution in [0.15, 0.2) is 18.3 Å². The number of nitrogens with zero attached hydrogens (tertiary/aromatic N) is 6. The van der Waals surface area contributed by atoms with E-state index in [-0.39, 0.29) is 6.61 Å². The lowest BCUT2D eigenvalue weighted by Gasteiger charge is -2.40. The normalized spacial score (nSPS) is 16.9. The van der Waals surface area contributed by atoms with E-state index >= 15 is 0 Å². The summed E-state index contributed by atoms with van der Waals surface area (Å²) >= 11 is 0. The van der Waals surface area contributed by atoms with Crippen molar-refractivity contribution in [2.75, 3.05) is 55.4 Å². The number of fused-ring (bicyclic) bond motifs is 1. The van der Waals surface area contributed by atoms with Crippen LogP contribution in [0.3, 0.4) is 0 Å². The van der Waals surface area contributed by atoms with Crippen molar-refractivity contribution in [1.29, 1.82) is 10.7 Å². The van der Waals surface area contributed by atoms with Crippen molar-refractivity contribution in [2.24, 2.45) is 0 Å². The fraction of sp³-hybridized carbons (Fsp3) is 0.480. The number of aryl methyl sites for hydroxylation is 1. The van der Waals surface area contributed by atoms with E-state index in [1.54, 1.807) is 12.1 Å². The van der Waals surface area contributed by atoms with Crippen LogP contribution < -0.4 is 15.1 Å². The number of anilines is 3. The van der Waals surface area contributed by atoms with Gasteiger partial charge in [-0.05, 0) is 51.4 Å². The number of nitriles is 1. The largest absolute Gasteiger partial charge is 0.392 e. The van der Waals surface area contributed by atoms with Crippen molar-refractivity contribution in [3.8, 4) is 6.07 Å². The maximum atomic E-state index is 13.2. The summed E-state index contributed by atoms with van der Waals surface area (Å²) in [6.07, 6.45) is 5.14. The van der Waals surface area contributed by atoms with E-state index in [0.717, 1.165) is 24.6 Å². The van der Waals surface area contributed by atoms with Gasteiger partial charge in [-0.3, -0.25) is 10.2 Å². The smallest absolute Gasteiger partial charge is 0.328 e. The summed E-state index contributed by atoms with van der Waals surface area (Å²) in [6.45, 7) is 1.98. The molecule has 36 heavy (non-hydrogen) atoms. The summed E-state index contributed by atoms with van der Waals surface area (Å²) in [7, 11) is 3.87. The Morgan fingerprint density at radius 1 is 1.33 bits per heavy atom. The van der Waals surface area contributed by atoms with Gasteiger partial charge < -0.3 is 25.4 Å². The van der Waals surface area contributed by atoms with Crippen LogP contribution in [0.25, 0.3) is 0 Å². The van der Waals surface area contributed by atoms with Crippen molar-refractivity contribution in [1.82, 2.24) is 14.9 Å². The van der Waals surface area contributed by atoms with Crippen LogP contribution in [-0.2, 0) is 13.0 Å². The molecule has 2 amide bonds. The maximum absolute atomic E-state index is 13.2. The molecule has 0 atom stereocenters. The van der Waals surface area contributed by atoms with Gasteiger partial charge in [0.15, 0.2) is 0 Å². The van der Waals surface area contributed by atoms with Crippen LogP contribution in [0.4, 0.5) is 22.1 Å². The first-order valence-electron chi connectivity index (χ1n) is 12.0. The highest BCUT2D eigenvalue weighted by molar-refractivity contribution is 6.02. The van der Waals surface area contributed by atoms with Crippen molar-refractivity contribution < 1.29 is 15.0 Å². The Morgan fingerprint density at radius 2 is 2.08 bits per heavy atom. The Kier molecular flexibility index (Phi) is 7.49. The molecule has 0 radical (unpaired) electrons. The number of carbonyl (C=O) groups is 1. The fourth-order valence-corrected chi connectivity index (χ4v) is 4.96. The molecule has 0 aliphatic carbocycles. The molecule has 4 N–H and O–H groups in total. The molecule has 1 saturated heterocycles. The fourth-order valence-electron chi connectivity index (χ4n) is 4.96. The number of amides is 2. The Hall–Kier alpha value is -3.59. The van der Waals surface area contributed by atoms with Crippen molar-refractivity contribution >= 4 is 29.6 Å². The minimum absolute atomic E-state index is 0.224. The van der Waals surface area contributed by atoms with Crippen LogP contribution in [0.5, 0.6) is 0 Å². The quantitative estimate of drug-likeness (QED) is 0.445. The molecule has 0 bridgehead atoms. The number of urea groups is 1. The molecule has 2 aromatic rings. The molecule has 4 heterocycles. The topological polar surface area (TPSA) is 153 Å². The molecule has 0 saturated carbocycles. The first-order valence-corrected chi connectivity index (χ1v) is 12.0. The molecule has 2 aromatic heterocycles. The van der Waals surface area contributed by atoms with Gasteiger partial charge in [0, 0.05) is 50.2 Å². The second-order valence-electron chi connectivity index (χ2n) is 9.65. The third-order valence-electron chi connectivity index (χ3n) is 6.71. The monoisotopic (exact) mass is 492 g/mol. The molecule has 0 spiro atoms. The summed E-state index contributed by atoms with van der Waals surface area (Å²) < 4.78 is 0. The molecule has 2 aliphatic rings. The second kappa shape index (κ2) is 10.6. The van der Waals surface area contributed by atoms with E-state index in [4.69, 9.17) is 5.41 Å². The van der Waals surface area contributed by atoms with E-state index < -0.39 is 11.6 Å². The molecule has 1 fully saturated rings. The molecule has 11 heteroatoms. The zero-order valence-electron chi connectivity index (χ0n) is 20.7. The molecule has 0 unspecified atom stereocenters. The van der Waals surface area contributed by atoms with Crippen molar-refractivity contribution in [3.05, 3.63) is 40.7 Å². The molecule has 4 rings (SSSR count). The maximum Gasteiger partial charge on any atom is 0.328 e. The lowest BCUT2D eigenvalue weighted by Crippen LogP contribution is -2.49. The number of hydrogen-bond donors (Lipinski definition) is 4. The highest BCUT2D eigenvalue weighted by Crippen LogP contribution is 2.31. The summed E-state index contributed by atoms with van der Waals surface area (Å²) in [5.41, 5.74) is 2.04. The first-order chi connectivity index (χ1) is 17.3. The van der Waals surface area contributed by atoms with Crippen LogP contribution in [0.2, 0.25) is 0 Å². The standard InChI is InChI=1S/C25H32N8O3/c1-31(2)16-25(36)5-8-32(9-6-25)21-11-22(28-14-19(21)12-26)30-24(35)33-7-3-4-17-10-18(15-34)20(13-27)29-23(17)33/h10-11,13-14,27,34,36H,3-9,15-16H2,1-2H3,(H,28,30,35). The van der Waals surface area contributed by atoms with E-state index in [0.29, 0.717) is 73.2 Å². The van der Waals surface area contributed by atoms with Crippen LogP contribution in [-0.4, -0.2) is 83.2 Å². The van der Waals surface area contributed by atoms with Gasteiger partial charge >= 0.3 is 6.03 Å². The number of pyridine rings is 2. The minimum atomic E-state index is -0.767. The molecular weight excluding hydrogens is 460 g/mol. The van der Waals surface area contributed by atoms with Crippen molar-refractivity contribution in [3.63, 3.8) is 0 Å². The Bertz CT molecular complexity index is 1180. The highest BCUT2D eigenvalue weighted by Gasteiger charge is 2.34. The van der Waals surface area contributed by atoms with Gasteiger partial charge in [0.1, 0.15) is 17.7 Å². The third kappa shape index (κ3) is 5.31. The number of hydrogen-bond acceptors (Lipinski definition) is 9. The summed E-state index contributed by atoms with van der Waals surface area (Å²) in [4.78, 5) is 27.5. The average molecular weight is 493 g/mol. The van der Waals surface area contributed by atoms with Gasteiger partial charge in [-0.2, -0.15) is 5.26 Å². The average Bonchev–Trinajstić information content (AvgIpc) is 2.87. The minimum Gasteiger partial charge on any atom is -0.392 e. The van der Waals surface area contributed by atoms with Gasteiger partial charge in [-0.25, -0.2) is 14.8 Å². The van der Waals surface area contributed by atoms with Gasteiger partial charge in [-0.15, -0.1) is 0 Å². The van der Waals surface area contributed by atoms with Gasteiger partial charge in [0.2, 0.25) is 0 Å². The number of nitrogens with one attached hydrogen (secondary N) is 2. The van der Waals surface area contributed by atoms with Crippen LogP contribution >= 0.6 is 0 Å². The SMILES string of the molecule is CN(C)CC1(O)CCN(c2cc(NC(=O)N3CCCc4cc(CO)c(C=N)nc43)ncc2C#N)CC1. The number of piperidine rings is 1. The van der Waals surface area contributed by atoms with Gasteiger partial charge in [0.05, 0.1) is 29.2 Å². The molecule has 190 valence electrons. The van der Waals surface area contributed by atoms with Crippen LogP contribution in [0, 0.1) is 16.7 Å². The Balaban J connectivity index is 1.53. The molecule has 2 aliphatic heterocycles. The van der Waals surface area contributed by atoms with E-state index in [1.807, 2.05) is 23.9 Å². The Labute approximate surface area is 210 Å². The molecular formula is C25H32N8O3. The summed E-state index contributed by atoms with van der Waals surface area (Å²) in [5, 5.41) is 40.5. The number of rotatable bonds is 6. The predicted octanol–water partition coefficient (Wildman–Crippen LogP) is 1.72. The number of aromatic nitrogens is 2. The Morgan fingerprint density at radius 3 is 2.72 bits per heavy atom. The summed E-state index contributed by atoms with van der Waals surface area (Å²) in [6, 6.07) is 5.27. The zero-order valence-corrected chi connectivity index (χ0v) is 20.7. The number of likely N-dealkylation sites (N-methyl/N-ethyl adjacent to an activating group) is 1. The first kappa shape index (κ1) is 25.5. The van der Waals surface area contributed by atoms with E-state index in [1.165, 1.54) is 11.1 Å². The van der Waals surface area contributed by atoms with E-state index in [2.05, 4.69) is 21.4 Å². The van der Waals surface area contributed by atoms with Crippen LogP contribution in [0.1, 0.15) is 41.6 Å². The molecule has 0 aromatic carbocycles. The number of aliphatic hydroxyl groups excluding tert-OH is 1. The van der Waals surface area contributed by atoms with Crippen molar-refractivity contribution in [2.45, 2.75) is 37.9 Å². The highest BCUT2D eigenvalue weighted by atomic mass is 16.3. The number of aliphatic hydroxyl groups is 2. The zero-order chi connectivity index (χ0) is 25.9. The lowest BCUT2D eigenvalue weighted by atomic mass is 9.90. The lowest BCUT2D eigenvalue weighted by molar-refractivity contribution is -0.00538. The molecule has 11 nitrogen and oxygen atoms in total. The predicted molar refractivity (Wildman–Crippen MR) is 137 cm³/mol. The second-order valence-corrected chi connectivity index (χ2v) is 9.65. The van der Waals surface area contributed by atoms with Gasteiger partial charge in [0.25, 0.3) is 0 Å². The third-order valence-corrected chi connectivity index (χ3v) is 6.71. The number of carbonyl (C=O) groups excluding carboxylic acids is 1. The van der Waals surface area contributed by atoms with E-state index in [9.17, 15) is 20.3 Å². The van der Waals surface area contributed by atoms with Gasteiger partial charge in [-0.1, -0.05) is 0 Å². The summed E-state index contributed by atoms with van der Waals surface area (Å²) in [5.74, 6) is 0.786.